The molecule has 0 radical (unpaired) electrons. The first-order valence-corrected chi connectivity index (χ1v) is 4.67. The van der Waals surface area contributed by atoms with E-state index >= 15 is 0 Å². The third-order valence-electron chi connectivity index (χ3n) is 1.94. The molecule has 2 aromatic rings. The Kier molecular flexibility index (Phi) is 2.57. The number of hydrogen-bond acceptors (Lipinski definition) is 5. The van der Waals surface area contributed by atoms with Gasteiger partial charge < -0.3 is 11.5 Å². The van der Waals surface area contributed by atoms with E-state index in [4.69, 9.17) is 23.1 Å². The summed E-state index contributed by atoms with van der Waals surface area (Å²) in [4.78, 5) is 3.69. The van der Waals surface area contributed by atoms with Crippen LogP contribution in [0.15, 0.2) is 18.2 Å². The van der Waals surface area contributed by atoms with Crippen LogP contribution in [0, 0.1) is 5.82 Å². The van der Waals surface area contributed by atoms with E-state index < -0.39 is 5.82 Å². The fourth-order valence-corrected chi connectivity index (χ4v) is 1.40. The number of nitrogen functional groups attached to an aromatic ring is 2. The van der Waals surface area contributed by atoms with Gasteiger partial charge in [-0.3, -0.25) is 0 Å². The maximum atomic E-state index is 13.7. The second-order valence-corrected chi connectivity index (χ2v) is 3.41. The van der Waals surface area contributed by atoms with Crippen molar-refractivity contribution in [1.29, 1.82) is 0 Å². The zero-order valence-corrected chi connectivity index (χ0v) is 8.74. The van der Waals surface area contributed by atoms with Gasteiger partial charge in [-0.1, -0.05) is 17.7 Å². The molecule has 0 aliphatic heterocycles. The Balaban J connectivity index is 2.63. The standard InChI is InChI=1S/C9H7ClFN5/c10-5-3-1-2-4(6(5)11)7-8(12)14-9(13)16-15-7/h1-3H,(H4,12,13,14,16). The van der Waals surface area contributed by atoms with Crippen molar-refractivity contribution in [1.82, 2.24) is 15.2 Å². The van der Waals surface area contributed by atoms with E-state index in [9.17, 15) is 4.39 Å². The molecule has 0 aliphatic rings. The van der Waals surface area contributed by atoms with Gasteiger partial charge in [0.1, 0.15) is 5.69 Å². The summed E-state index contributed by atoms with van der Waals surface area (Å²) in [6.45, 7) is 0. The lowest BCUT2D eigenvalue weighted by molar-refractivity contribution is 0.630. The predicted molar refractivity (Wildman–Crippen MR) is 59.1 cm³/mol. The molecule has 1 aromatic carbocycles. The summed E-state index contributed by atoms with van der Waals surface area (Å²) in [6, 6.07) is 4.49. The highest BCUT2D eigenvalue weighted by molar-refractivity contribution is 6.31. The quantitative estimate of drug-likeness (QED) is 0.787. The van der Waals surface area contributed by atoms with Crippen LogP contribution >= 0.6 is 11.6 Å². The molecular weight excluding hydrogens is 233 g/mol. The molecule has 0 unspecified atom stereocenters. The maximum Gasteiger partial charge on any atom is 0.242 e. The fraction of sp³-hybridized carbons (Fsp3) is 0. The summed E-state index contributed by atoms with van der Waals surface area (Å²) in [6.07, 6.45) is 0. The molecule has 7 heteroatoms. The average Bonchev–Trinajstić information content (AvgIpc) is 2.23. The van der Waals surface area contributed by atoms with Crippen molar-refractivity contribution in [2.24, 2.45) is 0 Å². The third kappa shape index (κ3) is 1.74. The van der Waals surface area contributed by atoms with Crippen LogP contribution in [0.3, 0.4) is 0 Å². The first-order valence-electron chi connectivity index (χ1n) is 4.29. The summed E-state index contributed by atoms with van der Waals surface area (Å²) in [7, 11) is 0. The zero-order chi connectivity index (χ0) is 11.7. The molecule has 1 aromatic heterocycles. The number of aromatic nitrogens is 3. The lowest BCUT2D eigenvalue weighted by Gasteiger charge is -2.05. The minimum absolute atomic E-state index is 0.00802. The van der Waals surface area contributed by atoms with Gasteiger partial charge in [-0.05, 0) is 12.1 Å². The van der Waals surface area contributed by atoms with Crippen LogP contribution in [0.5, 0.6) is 0 Å². The summed E-state index contributed by atoms with van der Waals surface area (Å²) in [5, 5.41) is 7.18. The largest absolute Gasteiger partial charge is 0.382 e. The topological polar surface area (TPSA) is 90.7 Å². The predicted octanol–water partition coefficient (Wildman–Crippen LogP) is 1.50. The maximum absolute atomic E-state index is 13.7. The van der Waals surface area contributed by atoms with Gasteiger partial charge in [-0.2, -0.15) is 4.98 Å². The Hall–Kier alpha value is -1.95. The van der Waals surface area contributed by atoms with Crippen molar-refractivity contribution in [2.45, 2.75) is 0 Å². The number of rotatable bonds is 1. The number of halogens is 2. The van der Waals surface area contributed by atoms with Crippen molar-refractivity contribution in [3.63, 3.8) is 0 Å². The molecule has 82 valence electrons. The molecule has 0 spiro atoms. The lowest BCUT2D eigenvalue weighted by atomic mass is 10.1. The van der Waals surface area contributed by atoms with E-state index in [1.807, 2.05) is 0 Å². The minimum Gasteiger partial charge on any atom is -0.382 e. The van der Waals surface area contributed by atoms with E-state index in [2.05, 4.69) is 15.2 Å². The van der Waals surface area contributed by atoms with Gasteiger partial charge in [-0.15, -0.1) is 10.2 Å². The molecule has 0 amide bonds. The van der Waals surface area contributed by atoms with Crippen molar-refractivity contribution in [2.75, 3.05) is 11.5 Å². The highest BCUT2D eigenvalue weighted by atomic mass is 35.5. The van der Waals surface area contributed by atoms with Gasteiger partial charge in [0.25, 0.3) is 0 Å². The number of hydrogen-bond donors (Lipinski definition) is 2. The van der Waals surface area contributed by atoms with E-state index in [1.165, 1.54) is 12.1 Å². The molecule has 1 heterocycles. The van der Waals surface area contributed by atoms with Crippen molar-refractivity contribution < 1.29 is 4.39 Å². The van der Waals surface area contributed by atoms with Crippen LogP contribution in [-0.2, 0) is 0 Å². The molecule has 0 fully saturated rings. The van der Waals surface area contributed by atoms with Gasteiger partial charge >= 0.3 is 0 Å². The van der Waals surface area contributed by atoms with Gasteiger partial charge in [-0.25, -0.2) is 4.39 Å². The van der Waals surface area contributed by atoms with E-state index in [0.717, 1.165) is 0 Å². The second-order valence-electron chi connectivity index (χ2n) is 3.01. The first kappa shape index (κ1) is 10.6. The average molecular weight is 240 g/mol. The van der Waals surface area contributed by atoms with E-state index in [0.29, 0.717) is 0 Å². The van der Waals surface area contributed by atoms with Crippen molar-refractivity contribution >= 4 is 23.4 Å². The van der Waals surface area contributed by atoms with Crippen LogP contribution in [0.25, 0.3) is 11.3 Å². The highest BCUT2D eigenvalue weighted by Gasteiger charge is 2.14. The van der Waals surface area contributed by atoms with Gasteiger partial charge in [0.2, 0.25) is 5.95 Å². The molecule has 0 saturated heterocycles. The van der Waals surface area contributed by atoms with Crippen LogP contribution in [0.1, 0.15) is 0 Å². The van der Waals surface area contributed by atoms with Crippen LogP contribution < -0.4 is 11.5 Å². The molecule has 5 nitrogen and oxygen atoms in total. The normalized spacial score (nSPS) is 10.4. The number of benzene rings is 1. The first-order chi connectivity index (χ1) is 7.59. The molecule has 0 bridgehead atoms. The molecule has 0 atom stereocenters. The van der Waals surface area contributed by atoms with Crippen LogP contribution in [0.4, 0.5) is 16.2 Å². The van der Waals surface area contributed by atoms with Gasteiger partial charge in [0, 0.05) is 5.56 Å². The number of nitrogens with zero attached hydrogens (tertiary/aromatic N) is 3. The Labute approximate surface area is 95.3 Å². The number of nitrogens with two attached hydrogens (primary N) is 2. The van der Waals surface area contributed by atoms with Crippen LogP contribution in [0.2, 0.25) is 5.02 Å². The van der Waals surface area contributed by atoms with Crippen LogP contribution in [-0.4, -0.2) is 15.2 Å². The van der Waals surface area contributed by atoms with E-state index in [-0.39, 0.29) is 28.0 Å². The van der Waals surface area contributed by atoms with Gasteiger partial charge in [0.15, 0.2) is 11.6 Å². The molecule has 16 heavy (non-hydrogen) atoms. The Bertz CT molecular complexity index is 545. The third-order valence-corrected chi connectivity index (χ3v) is 2.23. The monoisotopic (exact) mass is 239 g/mol. The van der Waals surface area contributed by atoms with Crippen molar-refractivity contribution in [3.8, 4) is 11.3 Å². The molecule has 0 aliphatic carbocycles. The van der Waals surface area contributed by atoms with Crippen molar-refractivity contribution in [3.05, 3.63) is 29.0 Å². The summed E-state index contributed by atoms with van der Waals surface area (Å²) in [5.74, 6) is -0.672. The zero-order valence-electron chi connectivity index (χ0n) is 7.98. The number of anilines is 2. The minimum atomic E-state index is -0.614. The summed E-state index contributed by atoms with van der Waals surface area (Å²) >= 11 is 5.64. The molecule has 0 saturated carbocycles. The van der Waals surface area contributed by atoms with Gasteiger partial charge in [0.05, 0.1) is 5.02 Å². The SMILES string of the molecule is Nc1nnc(-c2cccc(Cl)c2F)c(N)n1. The highest BCUT2D eigenvalue weighted by Crippen LogP contribution is 2.28. The lowest BCUT2D eigenvalue weighted by Crippen LogP contribution is -2.05. The fourth-order valence-electron chi connectivity index (χ4n) is 1.23. The molecular formula is C9H7ClFN5. The Morgan fingerprint density at radius 3 is 2.62 bits per heavy atom. The Morgan fingerprint density at radius 2 is 1.94 bits per heavy atom. The molecule has 4 N–H and O–H groups in total. The smallest absolute Gasteiger partial charge is 0.242 e. The Morgan fingerprint density at radius 1 is 1.19 bits per heavy atom. The summed E-state index contributed by atoms with van der Waals surface area (Å²) in [5.41, 5.74) is 11.1. The molecule has 2 rings (SSSR count). The van der Waals surface area contributed by atoms with E-state index in [1.54, 1.807) is 6.07 Å². The summed E-state index contributed by atoms with van der Waals surface area (Å²) < 4.78 is 13.7. The second kappa shape index (κ2) is 3.90.